The number of aromatic amines is 1. The SMILES string of the molecule is CN=C(NCCc1c[nH]c2ccc(F)cc12)NCc1ccccc1CN1CCOCC1. The van der Waals surface area contributed by atoms with E-state index in [2.05, 4.69) is 49.8 Å². The first-order valence-electron chi connectivity index (χ1n) is 10.8. The van der Waals surface area contributed by atoms with Crippen LogP contribution in [0.25, 0.3) is 10.9 Å². The second kappa shape index (κ2) is 10.4. The highest BCUT2D eigenvalue weighted by molar-refractivity contribution is 5.83. The highest BCUT2D eigenvalue weighted by atomic mass is 19.1. The molecule has 0 saturated carbocycles. The zero-order chi connectivity index (χ0) is 21.5. The lowest BCUT2D eigenvalue weighted by atomic mass is 10.1. The number of aliphatic imine (C=N–C) groups is 1. The van der Waals surface area contributed by atoms with Crippen LogP contribution < -0.4 is 10.6 Å². The Labute approximate surface area is 182 Å². The Kier molecular flexibility index (Phi) is 7.17. The molecule has 7 heteroatoms. The second-order valence-electron chi connectivity index (χ2n) is 7.76. The average Bonchev–Trinajstić information content (AvgIpc) is 3.19. The molecule has 1 aromatic heterocycles. The average molecular weight is 424 g/mol. The summed E-state index contributed by atoms with van der Waals surface area (Å²) in [6.07, 6.45) is 2.72. The van der Waals surface area contributed by atoms with Crippen LogP contribution >= 0.6 is 0 Å². The minimum Gasteiger partial charge on any atom is -0.379 e. The molecule has 0 atom stereocenters. The monoisotopic (exact) mass is 423 g/mol. The van der Waals surface area contributed by atoms with E-state index in [1.807, 2.05) is 6.20 Å². The Morgan fingerprint density at radius 1 is 1.10 bits per heavy atom. The molecular formula is C24H30FN5O. The lowest BCUT2D eigenvalue weighted by Gasteiger charge is -2.27. The molecule has 1 fully saturated rings. The third-order valence-corrected chi connectivity index (χ3v) is 5.70. The summed E-state index contributed by atoms with van der Waals surface area (Å²) in [5, 5.41) is 7.71. The lowest BCUT2D eigenvalue weighted by Crippen LogP contribution is -2.38. The predicted molar refractivity (Wildman–Crippen MR) is 123 cm³/mol. The predicted octanol–water partition coefficient (Wildman–Crippen LogP) is 3.05. The maximum atomic E-state index is 13.6. The molecule has 0 amide bonds. The third-order valence-electron chi connectivity index (χ3n) is 5.70. The summed E-state index contributed by atoms with van der Waals surface area (Å²) < 4.78 is 19.0. The van der Waals surface area contributed by atoms with Crippen LogP contribution in [0.5, 0.6) is 0 Å². The van der Waals surface area contributed by atoms with E-state index < -0.39 is 0 Å². The number of morpholine rings is 1. The van der Waals surface area contributed by atoms with E-state index in [0.29, 0.717) is 13.1 Å². The van der Waals surface area contributed by atoms with Gasteiger partial charge in [-0.3, -0.25) is 9.89 Å². The van der Waals surface area contributed by atoms with Gasteiger partial charge in [0.1, 0.15) is 5.82 Å². The zero-order valence-corrected chi connectivity index (χ0v) is 18.0. The Bertz CT molecular complexity index is 1030. The van der Waals surface area contributed by atoms with Gasteiger partial charge >= 0.3 is 0 Å². The fraction of sp³-hybridized carbons (Fsp3) is 0.375. The smallest absolute Gasteiger partial charge is 0.191 e. The molecule has 0 unspecified atom stereocenters. The van der Waals surface area contributed by atoms with Gasteiger partial charge in [0, 0.05) is 56.9 Å². The Balaban J connectivity index is 1.30. The molecule has 2 heterocycles. The molecule has 0 bridgehead atoms. The molecule has 3 aromatic rings. The molecule has 3 N–H and O–H groups in total. The molecule has 0 spiro atoms. The number of H-pyrrole nitrogens is 1. The normalized spacial score (nSPS) is 15.4. The molecule has 1 aliphatic rings. The van der Waals surface area contributed by atoms with Crippen molar-refractivity contribution in [3.8, 4) is 0 Å². The van der Waals surface area contributed by atoms with E-state index in [1.54, 1.807) is 19.2 Å². The van der Waals surface area contributed by atoms with Crippen molar-refractivity contribution < 1.29 is 9.13 Å². The van der Waals surface area contributed by atoms with Crippen molar-refractivity contribution in [2.24, 2.45) is 4.99 Å². The van der Waals surface area contributed by atoms with Crippen molar-refractivity contribution in [2.75, 3.05) is 39.9 Å². The molecule has 1 aliphatic heterocycles. The van der Waals surface area contributed by atoms with Gasteiger partial charge in [-0.2, -0.15) is 0 Å². The van der Waals surface area contributed by atoms with E-state index in [4.69, 9.17) is 4.74 Å². The van der Waals surface area contributed by atoms with Gasteiger partial charge in [0.25, 0.3) is 0 Å². The number of guanidine groups is 1. The first kappa shape index (κ1) is 21.3. The molecule has 1 saturated heterocycles. The van der Waals surface area contributed by atoms with E-state index in [-0.39, 0.29) is 5.82 Å². The maximum absolute atomic E-state index is 13.6. The summed E-state index contributed by atoms with van der Waals surface area (Å²) in [6, 6.07) is 13.4. The number of aromatic nitrogens is 1. The van der Waals surface area contributed by atoms with Crippen LogP contribution in [0.2, 0.25) is 0 Å². The van der Waals surface area contributed by atoms with Gasteiger partial charge in [0.2, 0.25) is 0 Å². The number of nitrogens with zero attached hydrogens (tertiary/aromatic N) is 2. The summed E-state index contributed by atoms with van der Waals surface area (Å²) in [7, 11) is 1.77. The molecule has 31 heavy (non-hydrogen) atoms. The van der Waals surface area contributed by atoms with Gasteiger partial charge in [-0.25, -0.2) is 4.39 Å². The summed E-state index contributed by atoms with van der Waals surface area (Å²) in [6.45, 7) is 5.91. The van der Waals surface area contributed by atoms with E-state index in [1.165, 1.54) is 17.2 Å². The molecule has 2 aromatic carbocycles. The number of nitrogens with one attached hydrogen (secondary N) is 3. The summed E-state index contributed by atoms with van der Waals surface area (Å²) in [5.74, 6) is 0.543. The highest BCUT2D eigenvalue weighted by Gasteiger charge is 2.13. The zero-order valence-electron chi connectivity index (χ0n) is 18.0. The fourth-order valence-electron chi connectivity index (χ4n) is 3.96. The standard InChI is InChI=1S/C24H30FN5O/c1-26-24(27-9-8-19-16-28-23-7-6-21(25)14-22(19)23)29-15-18-4-2-3-5-20(18)17-30-10-12-31-13-11-30/h2-7,14,16,28H,8-13,15,17H2,1H3,(H2,26,27,29). The first-order valence-corrected chi connectivity index (χ1v) is 10.8. The minimum atomic E-state index is -0.213. The fourth-order valence-corrected chi connectivity index (χ4v) is 3.96. The highest BCUT2D eigenvalue weighted by Crippen LogP contribution is 2.19. The van der Waals surface area contributed by atoms with Gasteiger partial charge < -0.3 is 20.4 Å². The lowest BCUT2D eigenvalue weighted by molar-refractivity contribution is 0.0341. The third kappa shape index (κ3) is 5.62. The van der Waals surface area contributed by atoms with Gasteiger partial charge in [-0.05, 0) is 41.3 Å². The van der Waals surface area contributed by atoms with Crippen LogP contribution in [0.1, 0.15) is 16.7 Å². The van der Waals surface area contributed by atoms with Crippen molar-refractivity contribution in [1.82, 2.24) is 20.5 Å². The first-order chi connectivity index (χ1) is 15.2. The molecular weight excluding hydrogens is 393 g/mol. The number of halogens is 1. The summed E-state index contributed by atoms with van der Waals surface area (Å²) in [5.41, 5.74) is 4.64. The van der Waals surface area contributed by atoms with E-state index in [9.17, 15) is 4.39 Å². The second-order valence-corrected chi connectivity index (χ2v) is 7.76. The summed E-state index contributed by atoms with van der Waals surface area (Å²) in [4.78, 5) is 9.98. The van der Waals surface area contributed by atoms with E-state index in [0.717, 1.165) is 61.7 Å². The van der Waals surface area contributed by atoms with Crippen molar-refractivity contribution in [2.45, 2.75) is 19.5 Å². The number of fused-ring (bicyclic) bond motifs is 1. The van der Waals surface area contributed by atoms with Crippen molar-refractivity contribution in [1.29, 1.82) is 0 Å². The van der Waals surface area contributed by atoms with Crippen LogP contribution in [-0.4, -0.2) is 55.7 Å². The Morgan fingerprint density at radius 2 is 1.90 bits per heavy atom. The molecule has 0 aliphatic carbocycles. The number of ether oxygens (including phenoxy) is 1. The van der Waals surface area contributed by atoms with Crippen LogP contribution in [-0.2, 0) is 24.2 Å². The molecule has 4 rings (SSSR count). The van der Waals surface area contributed by atoms with Gasteiger partial charge in [0.15, 0.2) is 5.96 Å². The van der Waals surface area contributed by atoms with Gasteiger partial charge in [-0.1, -0.05) is 24.3 Å². The largest absolute Gasteiger partial charge is 0.379 e. The molecule has 0 radical (unpaired) electrons. The van der Waals surface area contributed by atoms with Gasteiger partial charge in [-0.15, -0.1) is 0 Å². The van der Waals surface area contributed by atoms with Crippen LogP contribution in [0.3, 0.4) is 0 Å². The number of benzene rings is 2. The van der Waals surface area contributed by atoms with Crippen LogP contribution in [0.15, 0.2) is 53.7 Å². The Hall–Kier alpha value is -2.90. The minimum absolute atomic E-state index is 0.213. The van der Waals surface area contributed by atoms with E-state index >= 15 is 0 Å². The maximum Gasteiger partial charge on any atom is 0.191 e. The number of hydrogen-bond acceptors (Lipinski definition) is 3. The summed E-state index contributed by atoms with van der Waals surface area (Å²) >= 11 is 0. The molecule has 6 nitrogen and oxygen atoms in total. The number of hydrogen-bond donors (Lipinski definition) is 3. The van der Waals surface area contributed by atoms with Crippen LogP contribution in [0.4, 0.5) is 4.39 Å². The Morgan fingerprint density at radius 3 is 2.71 bits per heavy atom. The van der Waals surface area contributed by atoms with Crippen LogP contribution in [0, 0.1) is 5.82 Å². The molecule has 164 valence electrons. The topological polar surface area (TPSA) is 64.7 Å². The van der Waals surface area contributed by atoms with Crippen molar-refractivity contribution in [3.63, 3.8) is 0 Å². The van der Waals surface area contributed by atoms with Gasteiger partial charge in [0.05, 0.1) is 13.2 Å². The van der Waals surface area contributed by atoms with Crippen molar-refractivity contribution in [3.05, 3.63) is 71.2 Å². The number of rotatable bonds is 7. The quantitative estimate of drug-likeness (QED) is 0.404. The van der Waals surface area contributed by atoms with Crippen molar-refractivity contribution >= 4 is 16.9 Å².